The highest BCUT2D eigenvalue weighted by atomic mass is 16.1. The van der Waals surface area contributed by atoms with Crippen LogP contribution >= 0.6 is 0 Å². The predicted octanol–water partition coefficient (Wildman–Crippen LogP) is 3.01. The van der Waals surface area contributed by atoms with Gasteiger partial charge >= 0.3 is 0 Å². The lowest BCUT2D eigenvalue weighted by atomic mass is 10.0. The molecule has 2 rings (SSSR count). The molecule has 94 valence electrons. The summed E-state index contributed by atoms with van der Waals surface area (Å²) >= 11 is 0. The lowest BCUT2D eigenvalue weighted by Gasteiger charge is -2.07. The van der Waals surface area contributed by atoms with Gasteiger partial charge in [-0.1, -0.05) is 30.7 Å². The van der Waals surface area contributed by atoms with Crippen LogP contribution in [-0.4, -0.2) is 9.97 Å². The van der Waals surface area contributed by atoms with Crippen molar-refractivity contribution in [3.63, 3.8) is 0 Å². The topological polar surface area (TPSA) is 45.8 Å². The molecule has 0 saturated heterocycles. The Morgan fingerprint density at radius 3 is 2.67 bits per heavy atom. The predicted molar refractivity (Wildman–Crippen MR) is 73.8 cm³/mol. The minimum Gasteiger partial charge on any atom is -0.311 e. The Morgan fingerprint density at radius 1 is 1.22 bits per heavy atom. The summed E-state index contributed by atoms with van der Waals surface area (Å²) in [7, 11) is 0. The van der Waals surface area contributed by atoms with E-state index in [4.69, 9.17) is 0 Å². The van der Waals surface area contributed by atoms with Crippen LogP contribution in [0.4, 0.5) is 0 Å². The third-order valence-electron chi connectivity index (χ3n) is 2.94. The second-order valence-corrected chi connectivity index (χ2v) is 4.65. The van der Waals surface area contributed by atoms with E-state index in [-0.39, 0.29) is 5.56 Å². The molecule has 1 aromatic heterocycles. The zero-order valence-electron chi connectivity index (χ0n) is 11.1. The zero-order chi connectivity index (χ0) is 13.1. The van der Waals surface area contributed by atoms with Crippen LogP contribution in [0.5, 0.6) is 0 Å². The van der Waals surface area contributed by atoms with Gasteiger partial charge < -0.3 is 4.98 Å². The Balaban J connectivity index is 2.53. The Hall–Kier alpha value is -1.90. The van der Waals surface area contributed by atoms with Crippen molar-refractivity contribution in [3.8, 4) is 11.3 Å². The number of hydrogen-bond acceptors (Lipinski definition) is 2. The van der Waals surface area contributed by atoms with Gasteiger partial charge in [0.15, 0.2) is 0 Å². The fourth-order valence-electron chi connectivity index (χ4n) is 2.10. The lowest BCUT2D eigenvalue weighted by molar-refractivity contribution is 0.827. The maximum absolute atomic E-state index is 11.6. The van der Waals surface area contributed by atoms with Gasteiger partial charge in [-0.25, -0.2) is 4.98 Å². The van der Waals surface area contributed by atoms with Gasteiger partial charge in [0.2, 0.25) is 0 Å². The van der Waals surface area contributed by atoms with Crippen LogP contribution in [0.2, 0.25) is 0 Å². The van der Waals surface area contributed by atoms with Crippen LogP contribution in [0.25, 0.3) is 11.3 Å². The van der Waals surface area contributed by atoms with E-state index in [1.54, 1.807) is 6.07 Å². The van der Waals surface area contributed by atoms with Crippen molar-refractivity contribution >= 4 is 0 Å². The fraction of sp³-hybridized carbons (Fsp3) is 0.333. The molecule has 0 radical (unpaired) electrons. The maximum atomic E-state index is 11.6. The molecule has 0 amide bonds. The summed E-state index contributed by atoms with van der Waals surface area (Å²) in [6.45, 7) is 6.18. The molecule has 3 heteroatoms. The summed E-state index contributed by atoms with van der Waals surface area (Å²) in [6.07, 6.45) is 1.77. The number of nitrogens with one attached hydrogen (secondary N) is 1. The summed E-state index contributed by atoms with van der Waals surface area (Å²) in [6, 6.07) is 7.75. The second-order valence-electron chi connectivity index (χ2n) is 4.65. The van der Waals surface area contributed by atoms with E-state index in [9.17, 15) is 4.79 Å². The molecule has 0 aliphatic rings. The van der Waals surface area contributed by atoms with Crippen molar-refractivity contribution < 1.29 is 0 Å². The molecule has 0 saturated carbocycles. The highest BCUT2D eigenvalue weighted by molar-refractivity contribution is 5.63. The monoisotopic (exact) mass is 242 g/mol. The minimum absolute atomic E-state index is 0.0802. The van der Waals surface area contributed by atoms with Crippen LogP contribution in [0.15, 0.2) is 29.1 Å². The van der Waals surface area contributed by atoms with Gasteiger partial charge in [0.05, 0.1) is 5.69 Å². The van der Waals surface area contributed by atoms with Crippen molar-refractivity contribution in [2.24, 2.45) is 0 Å². The first-order valence-corrected chi connectivity index (χ1v) is 6.28. The largest absolute Gasteiger partial charge is 0.311 e. The summed E-state index contributed by atoms with van der Waals surface area (Å²) in [4.78, 5) is 19.0. The first kappa shape index (κ1) is 12.6. The first-order valence-electron chi connectivity index (χ1n) is 6.28. The van der Waals surface area contributed by atoms with Gasteiger partial charge in [-0.15, -0.1) is 0 Å². The minimum atomic E-state index is -0.0802. The van der Waals surface area contributed by atoms with E-state index in [0.717, 1.165) is 35.5 Å². The Bertz CT molecular complexity index is 614. The van der Waals surface area contributed by atoms with E-state index in [2.05, 4.69) is 29.9 Å². The molecule has 0 atom stereocenters. The maximum Gasteiger partial charge on any atom is 0.251 e. The van der Waals surface area contributed by atoms with Crippen molar-refractivity contribution in [1.82, 2.24) is 9.97 Å². The van der Waals surface area contributed by atoms with Crippen molar-refractivity contribution in [2.75, 3.05) is 0 Å². The summed E-state index contributed by atoms with van der Waals surface area (Å²) in [5.74, 6) is 0.764. The van der Waals surface area contributed by atoms with Crippen LogP contribution < -0.4 is 5.56 Å². The fourth-order valence-corrected chi connectivity index (χ4v) is 2.10. The van der Waals surface area contributed by atoms with Crippen molar-refractivity contribution in [1.29, 1.82) is 0 Å². The zero-order valence-corrected chi connectivity index (χ0v) is 11.1. The van der Waals surface area contributed by atoms with E-state index < -0.39 is 0 Å². The molecule has 0 spiro atoms. The Morgan fingerprint density at radius 2 is 2.00 bits per heavy atom. The van der Waals surface area contributed by atoms with Crippen LogP contribution in [0.3, 0.4) is 0 Å². The van der Waals surface area contributed by atoms with Crippen molar-refractivity contribution in [2.45, 2.75) is 33.6 Å². The molecule has 0 aliphatic heterocycles. The first-order chi connectivity index (χ1) is 8.60. The van der Waals surface area contributed by atoms with Crippen molar-refractivity contribution in [3.05, 3.63) is 51.6 Å². The average molecular weight is 242 g/mol. The number of nitrogens with zero attached hydrogens (tertiary/aromatic N) is 1. The molecule has 0 unspecified atom stereocenters. The summed E-state index contributed by atoms with van der Waals surface area (Å²) in [5.41, 5.74) is 4.08. The van der Waals surface area contributed by atoms with Crippen LogP contribution in [0, 0.1) is 13.8 Å². The van der Waals surface area contributed by atoms with Gasteiger partial charge in [-0.2, -0.15) is 0 Å². The number of H-pyrrole nitrogens is 1. The van der Waals surface area contributed by atoms with E-state index in [1.165, 1.54) is 5.56 Å². The average Bonchev–Trinajstić information content (AvgIpc) is 2.28. The quantitative estimate of drug-likeness (QED) is 0.899. The molecular weight excluding hydrogens is 224 g/mol. The SMILES string of the molecule is CCCc1nc(-c2ccc(C)cc2C)cc(=O)[nH]1. The van der Waals surface area contributed by atoms with Gasteiger partial charge in [-0.3, -0.25) is 4.79 Å². The molecule has 0 fully saturated rings. The van der Waals surface area contributed by atoms with Gasteiger partial charge in [-0.05, 0) is 25.8 Å². The van der Waals surface area contributed by atoms with Crippen LogP contribution in [0.1, 0.15) is 30.3 Å². The summed E-state index contributed by atoms with van der Waals surface area (Å²) < 4.78 is 0. The molecule has 0 bridgehead atoms. The Labute approximate surface area is 107 Å². The Kier molecular flexibility index (Phi) is 3.60. The third-order valence-corrected chi connectivity index (χ3v) is 2.94. The molecule has 2 aromatic rings. The highest BCUT2D eigenvalue weighted by Gasteiger charge is 2.06. The molecule has 1 heterocycles. The normalized spacial score (nSPS) is 10.6. The number of rotatable bonds is 3. The number of hydrogen-bond donors (Lipinski definition) is 1. The molecule has 18 heavy (non-hydrogen) atoms. The molecule has 0 aliphatic carbocycles. The number of aromatic amines is 1. The molecular formula is C15H18N2O. The standard InChI is InChI=1S/C15H18N2O/c1-4-5-14-16-13(9-15(18)17-14)12-7-6-10(2)8-11(12)3/h6-9H,4-5H2,1-3H3,(H,16,17,18). The molecule has 3 nitrogen and oxygen atoms in total. The number of aryl methyl sites for hydroxylation is 3. The molecule has 1 N–H and O–H groups in total. The highest BCUT2D eigenvalue weighted by Crippen LogP contribution is 2.21. The van der Waals surface area contributed by atoms with Crippen LogP contribution in [-0.2, 0) is 6.42 Å². The van der Waals surface area contributed by atoms with Gasteiger partial charge in [0.25, 0.3) is 5.56 Å². The van der Waals surface area contributed by atoms with Gasteiger partial charge in [0.1, 0.15) is 5.82 Å². The number of benzene rings is 1. The van der Waals surface area contributed by atoms with E-state index >= 15 is 0 Å². The number of aromatic nitrogens is 2. The van der Waals surface area contributed by atoms with Gasteiger partial charge in [0, 0.05) is 18.1 Å². The molecule has 1 aromatic carbocycles. The smallest absolute Gasteiger partial charge is 0.251 e. The lowest BCUT2D eigenvalue weighted by Crippen LogP contribution is -2.11. The second kappa shape index (κ2) is 5.17. The van der Waals surface area contributed by atoms with E-state index in [0.29, 0.717) is 0 Å². The van der Waals surface area contributed by atoms with E-state index in [1.807, 2.05) is 19.1 Å². The summed E-state index contributed by atoms with van der Waals surface area (Å²) in [5, 5.41) is 0. The third kappa shape index (κ3) is 2.67.